The maximum absolute atomic E-state index is 11.4. The summed E-state index contributed by atoms with van der Waals surface area (Å²) in [5, 5.41) is 0. The summed E-state index contributed by atoms with van der Waals surface area (Å²) in [4.78, 5) is 34.4. The van der Waals surface area contributed by atoms with Crippen LogP contribution >= 0.6 is 0 Å². The number of ether oxygens (including phenoxy) is 2. The first-order chi connectivity index (χ1) is 9.47. The van der Waals surface area contributed by atoms with Crippen molar-refractivity contribution < 1.29 is 19.1 Å². The highest BCUT2D eigenvalue weighted by Gasteiger charge is 2.18. The summed E-state index contributed by atoms with van der Waals surface area (Å²) in [5.74, 6) is -0.0282. The minimum absolute atomic E-state index is 0.102. The molecular formula is C12H18N4O4. The highest BCUT2D eigenvalue weighted by molar-refractivity contribution is 5.80. The largest absolute Gasteiger partial charge is 0.468 e. The zero-order valence-electron chi connectivity index (χ0n) is 12.0. The molecule has 0 fully saturated rings. The van der Waals surface area contributed by atoms with E-state index in [2.05, 4.69) is 19.4 Å². The van der Waals surface area contributed by atoms with Gasteiger partial charge in [-0.3, -0.25) is 9.59 Å². The van der Waals surface area contributed by atoms with Crippen molar-refractivity contribution in [3.05, 3.63) is 12.3 Å². The predicted molar refractivity (Wildman–Crippen MR) is 72.6 cm³/mol. The highest BCUT2D eigenvalue weighted by Crippen LogP contribution is 2.13. The Morgan fingerprint density at radius 2 is 1.70 bits per heavy atom. The van der Waals surface area contributed by atoms with Gasteiger partial charge in [-0.2, -0.15) is 4.98 Å². The lowest BCUT2D eigenvalue weighted by molar-refractivity contribution is -0.140. The Bertz CT molecular complexity index is 460. The van der Waals surface area contributed by atoms with Crippen LogP contribution in [0.3, 0.4) is 0 Å². The molecule has 0 amide bonds. The zero-order valence-corrected chi connectivity index (χ0v) is 12.0. The number of hydrogen-bond donors (Lipinski definition) is 0. The first kappa shape index (κ1) is 15.7. The van der Waals surface area contributed by atoms with Gasteiger partial charge in [0.05, 0.1) is 14.2 Å². The summed E-state index contributed by atoms with van der Waals surface area (Å²) in [5.41, 5.74) is 0. The van der Waals surface area contributed by atoms with E-state index in [4.69, 9.17) is 0 Å². The topological polar surface area (TPSA) is 84.9 Å². The van der Waals surface area contributed by atoms with Gasteiger partial charge >= 0.3 is 11.9 Å². The fourth-order valence-corrected chi connectivity index (χ4v) is 1.39. The molecule has 0 N–H and O–H groups in total. The minimum Gasteiger partial charge on any atom is -0.468 e. The number of hydrogen-bond acceptors (Lipinski definition) is 8. The summed E-state index contributed by atoms with van der Waals surface area (Å²) in [6.45, 7) is -0.203. The number of carbonyl (C=O) groups excluding carboxylic acids is 2. The van der Waals surface area contributed by atoms with Gasteiger partial charge in [-0.15, -0.1) is 0 Å². The molecule has 0 aliphatic rings. The SMILES string of the molecule is COC(=O)CN(CC(=O)OC)c1ccnc(N(C)C)n1. The van der Waals surface area contributed by atoms with Gasteiger partial charge in [0.25, 0.3) is 0 Å². The number of rotatable bonds is 6. The minimum atomic E-state index is -0.473. The molecule has 1 rings (SSSR count). The molecule has 0 aliphatic heterocycles. The second kappa shape index (κ2) is 7.27. The van der Waals surface area contributed by atoms with E-state index in [1.165, 1.54) is 19.1 Å². The van der Waals surface area contributed by atoms with Gasteiger partial charge in [0.1, 0.15) is 18.9 Å². The number of nitrogens with zero attached hydrogens (tertiary/aromatic N) is 4. The van der Waals surface area contributed by atoms with E-state index in [-0.39, 0.29) is 13.1 Å². The van der Waals surface area contributed by atoms with Gasteiger partial charge in [0.2, 0.25) is 5.95 Å². The van der Waals surface area contributed by atoms with Crippen molar-refractivity contribution in [3.8, 4) is 0 Å². The molecule has 0 saturated carbocycles. The molecule has 0 bridgehead atoms. The number of esters is 2. The number of anilines is 2. The van der Waals surface area contributed by atoms with Gasteiger partial charge in [-0.05, 0) is 6.07 Å². The standard InChI is InChI=1S/C12H18N4O4/c1-15(2)12-13-6-5-9(14-12)16(7-10(17)19-3)8-11(18)20-4/h5-6H,7-8H2,1-4H3. The van der Waals surface area contributed by atoms with Crippen molar-refractivity contribution in [3.63, 3.8) is 0 Å². The predicted octanol–water partition coefficient (Wildman–Crippen LogP) is -0.305. The van der Waals surface area contributed by atoms with E-state index in [9.17, 15) is 9.59 Å². The van der Waals surface area contributed by atoms with Crippen LogP contribution in [0.4, 0.5) is 11.8 Å². The molecule has 0 saturated heterocycles. The first-order valence-electron chi connectivity index (χ1n) is 5.87. The molecule has 0 radical (unpaired) electrons. The quantitative estimate of drug-likeness (QED) is 0.657. The molecule has 0 atom stereocenters. The van der Waals surface area contributed by atoms with Gasteiger partial charge in [0, 0.05) is 20.3 Å². The average Bonchev–Trinajstić information content (AvgIpc) is 2.46. The van der Waals surface area contributed by atoms with Crippen LogP contribution in [-0.2, 0) is 19.1 Å². The molecular weight excluding hydrogens is 264 g/mol. The highest BCUT2D eigenvalue weighted by atomic mass is 16.5. The van der Waals surface area contributed by atoms with Crippen LogP contribution < -0.4 is 9.80 Å². The molecule has 1 aromatic rings. The molecule has 0 aliphatic carbocycles. The van der Waals surface area contributed by atoms with Crippen LogP contribution in [0.25, 0.3) is 0 Å². The first-order valence-corrected chi connectivity index (χ1v) is 5.87. The molecule has 0 aromatic carbocycles. The van der Waals surface area contributed by atoms with E-state index in [0.29, 0.717) is 11.8 Å². The van der Waals surface area contributed by atoms with E-state index in [1.807, 2.05) is 0 Å². The molecule has 0 unspecified atom stereocenters. The Kier molecular flexibility index (Phi) is 5.70. The van der Waals surface area contributed by atoms with E-state index in [1.54, 1.807) is 31.3 Å². The fraction of sp³-hybridized carbons (Fsp3) is 0.500. The number of carbonyl (C=O) groups is 2. The third-order valence-electron chi connectivity index (χ3n) is 2.45. The second-order valence-electron chi connectivity index (χ2n) is 4.12. The van der Waals surface area contributed by atoms with Crippen LogP contribution in [-0.4, -0.2) is 63.3 Å². The summed E-state index contributed by atoms with van der Waals surface area (Å²) in [6.07, 6.45) is 1.55. The van der Waals surface area contributed by atoms with Gasteiger partial charge in [-0.25, -0.2) is 4.98 Å². The van der Waals surface area contributed by atoms with E-state index >= 15 is 0 Å². The molecule has 8 heteroatoms. The van der Waals surface area contributed by atoms with E-state index < -0.39 is 11.9 Å². The Morgan fingerprint density at radius 1 is 1.15 bits per heavy atom. The summed E-state index contributed by atoms with van der Waals surface area (Å²) in [7, 11) is 6.15. The Labute approximate surface area is 117 Å². The Balaban J connectivity index is 2.99. The maximum atomic E-state index is 11.4. The normalized spacial score (nSPS) is 9.80. The van der Waals surface area contributed by atoms with Crippen molar-refractivity contribution in [1.29, 1.82) is 0 Å². The van der Waals surface area contributed by atoms with E-state index in [0.717, 1.165) is 0 Å². The van der Waals surface area contributed by atoms with Crippen molar-refractivity contribution in [1.82, 2.24) is 9.97 Å². The third kappa shape index (κ3) is 4.38. The fourth-order valence-electron chi connectivity index (χ4n) is 1.39. The molecule has 110 valence electrons. The monoisotopic (exact) mass is 282 g/mol. The van der Waals surface area contributed by atoms with Crippen LogP contribution in [0.5, 0.6) is 0 Å². The van der Waals surface area contributed by atoms with Crippen molar-refractivity contribution in [2.24, 2.45) is 0 Å². The Morgan fingerprint density at radius 3 is 2.15 bits per heavy atom. The lowest BCUT2D eigenvalue weighted by Gasteiger charge is -2.22. The molecule has 1 aromatic heterocycles. The second-order valence-corrected chi connectivity index (χ2v) is 4.12. The molecule has 8 nitrogen and oxygen atoms in total. The maximum Gasteiger partial charge on any atom is 0.325 e. The van der Waals surface area contributed by atoms with Gasteiger partial charge in [-0.1, -0.05) is 0 Å². The molecule has 0 spiro atoms. The average molecular weight is 282 g/mol. The van der Waals surface area contributed by atoms with Crippen LogP contribution in [0.15, 0.2) is 12.3 Å². The zero-order chi connectivity index (χ0) is 15.1. The van der Waals surface area contributed by atoms with Gasteiger partial charge in [0.15, 0.2) is 0 Å². The Hall–Kier alpha value is -2.38. The summed E-state index contributed by atoms with van der Waals surface area (Å²) in [6, 6.07) is 1.61. The number of methoxy groups -OCH3 is 2. The summed E-state index contributed by atoms with van der Waals surface area (Å²) >= 11 is 0. The summed E-state index contributed by atoms with van der Waals surface area (Å²) < 4.78 is 9.22. The lowest BCUT2D eigenvalue weighted by Crippen LogP contribution is -2.36. The smallest absolute Gasteiger partial charge is 0.325 e. The number of aromatic nitrogens is 2. The van der Waals surface area contributed by atoms with Crippen molar-refractivity contribution >= 4 is 23.7 Å². The lowest BCUT2D eigenvalue weighted by atomic mass is 10.4. The molecule has 20 heavy (non-hydrogen) atoms. The van der Waals surface area contributed by atoms with Gasteiger partial charge < -0.3 is 19.3 Å². The van der Waals surface area contributed by atoms with Crippen molar-refractivity contribution in [2.45, 2.75) is 0 Å². The van der Waals surface area contributed by atoms with Crippen LogP contribution in [0, 0.1) is 0 Å². The van der Waals surface area contributed by atoms with Crippen LogP contribution in [0.2, 0.25) is 0 Å². The third-order valence-corrected chi connectivity index (χ3v) is 2.45. The van der Waals surface area contributed by atoms with Crippen LogP contribution in [0.1, 0.15) is 0 Å². The molecule has 1 heterocycles. The van der Waals surface area contributed by atoms with Crippen molar-refractivity contribution in [2.75, 3.05) is 51.2 Å².